The molecule has 0 spiro atoms. The van der Waals surface area contributed by atoms with Crippen LogP contribution in [0, 0.1) is 0 Å². The van der Waals surface area contributed by atoms with Crippen molar-refractivity contribution in [3.8, 4) is 0 Å². The molecule has 0 aliphatic carbocycles. The normalized spacial score (nSPS) is 11.5. The molecule has 3 N–H and O–H groups in total. The lowest BCUT2D eigenvalue weighted by Crippen LogP contribution is -2.53. The van der Waals surface area contributed by atoms with E-state index in [1.54, 1.807) is 7.11 Å². The highest BCUT2D eigenvalue weighted by atomic mass is 16.5. The quantitative estimate of drug-likeness (QED) is 0.560. The minimum atomic E-state index is -0.290. The van der Waals surface area contributed by atoms with E-state index in [2.05, 4.69) is 5.32 Å². The van der Waals surface area contributed by atoms with Crippen molar-refractivity contribution in [1.82, 2.24) is 5.32 Å². The molecule has 96 valence electrons. The largest absolute Gasteiger partial charge is 0.382 e. The Labute approximate surface area is 97.7 Å². The van der Waals surface area contributed by atoms with Gasteiger partial charge in [-0.15, -0.1) is 0 Å². The fourth-order valence-electron chi connectivity index (χ4n) is 1.41. The Hall–Kier alpha value is -0.650. The molecule has 0 rings (SSSR count). The summed E-state index contributed by atoms with van der Waals surface area (Å²) < 4.78 is 9.95. The highest BCUT2D eigenvalue weighted by molar-refractivity contribution is 5.78. The zero-order chi connectivity index (χ0) is 12.4. The van der Waals surface area contributed by atoms with Crippen LogP contribution in [0.1, 0.15) is 26.7 Å². The van der Waals surface area contributed by atoms with Crippen LogP contribution in [-0.2, 0) is 14.3 Å². The number of methoxy groups -OCH3 is 1. The SMILES string of the molecule is CCC(CC)(CN)NC(=O)COCCOC. The third-order valence-corrected chi connectivity index (χ3v) is 2.81. The second-order valence-electron chi connectivity index (χ2n) is 3.79. The van der Waals surface area contributed by atoms with E-state index in [0.717, 1.165) is 12.8 Å². The highest BCUT2D eigenvalue weighted by Gasteiger charge is 2.25. The first-order valence-corrected chi connectivity index (χ1v) is 5.72. The van der Waals surface area contributed by atoms with Gasteiger partial charge in [0, 0.05) is 13.7 Å². The van der Waals surface area contributed by atoms with Crippen molar-refractivity contribution in [2.75, 3.05) is 33.5 Å². The van der Waals surface area contributed by atoms with Crippen molar-refractivity contribution in [3.63, 3.8) is 0 Å². The van der Waals surface area contributed by atoms with Crippen molar-refractivity contribution in [3.05, 3.63) is 0 Å². The third-order valence-electron chi connectivity index (χ3n) is 2.81. The molecular formula is C11H24N2O3. The topological polar surface area (TPSA) is 73.6 Å². The van der Waals surface area contributed by atoms with Crippen molar-refractivity contribution in [2.45, 2.75) is 32.2 Å². The standard InChI is InChI=1S/C11H24N2O3/c1-4-11(5-2,9-12)13-10(14)8-16-7-6-15-3/h4-9,12H2,1-3H3,(H,13,14). The number of rotatable bonds is 9. The Balaban J connectivity index is 3.91. The summed E-state index contributed by atoms with van der Waals surface area (Å²) in [6, 6.07) is 0. The number of hydrogen-bond donors (Lipinski definition) is 2. The van der Waals surface area contributed by atoms with Crippen LogP contribution in [0.4, 0.5) is 0 Å². The fraction of sp³-hybridized carbons (Fsp3) is 0.909. The molecule has 0 saturated heterocycles. The number of carbonyl (C=O) groups is 1. The van der Waals surface area contributed by atoms with Crippen molar-refractivity contribution in [1.29, 1.82) is 0 Å². The van der Waals surface area contributed by atoms with E-state index >= 15 is 0 Å². The van der Waals surface area contributed by atoms with E-state index < -0.39 is 0 Å². The average molecular weight is 232 g/mol. The lowest BCUT2D eigenvalue weighted by atomic mass is 9.93. The molecule has 0 fully saturated rings. The molecule has 1 amide bonds. The van der Waals surface area contributed by atoms with Gasteiger partial charge in [0.15, 0.2) is 0 Å². The van der Waals surface area contributed by atoms with Gasteiger partial charge in [-0.1, -0.05) is 13.8 Å². The second kappa shape index (κ2) is 8.50. The van der Waals surface area contributed by atoms with Crippen molar-refractivity contribution < 1.29 is 14.3 Å². The summed E-state index contributed by atoms with van der Waals surface area (Å²) in [5.41, 5.74) is 5.39. The third kappa shape index (κ3) is 5.44. The molecule has 0 radical (unpaired) electrons. The second-order valence-corrected chi connectivity index (χ2v) is 3.79. The lowest BCUT2D eigenvalue weighted by Gasteiger charge is -2.31. The number of amides is 1. The summed E-state index contributed by atoms with van der Waals surface area (Å²) in [7, 11) is 1.59. The number of hydrogen-bond acceptors (Lipinski definition) is 4. The Bertz CT molecular complexity index is 185. The summed E-state index contributed by atoms with van der Waals surface area (Å²) in [5, 5.41) is 2.93. The molecule has 0 aromatic rings. The molecule has 0 aromatic carbocycles. The predicted molar refractivity (Wildman–Crippen MR) is 63.2 cm³/mol. The van der Waals surface area contributed by atoms with Crippen LogP contribution >= 0.6 is 0 Å². The van der Waals surface area contributed by atoms with Crippen LogP contribution in [0.15, 0.2) is 0 Å². The molecule has 5 heteroatoms. The highest BCUT2D eigenvalue weighted by Crippen LogP contribution is 2.12. The molecule has 0 saturated carbocycles. The van der Waals surface area contributed by atoms with E-state index in [-0.39, 0.29) is 18.1 Å². The number of nitrogens with two attached hydrogens (primary N) is 1. The molecule has 0 heterocycles. The van der Waals surface area contributed by atoms with Crippen LogP contribution in [0.25, 0.3) is 0 Å². The number of carbonyl (C=O) groups excluding carboxylic acids is 1. The molecule has 0 atom stereocenters. The summed E-state index contributed by atoms with van der Waals surface area (Å²) in [6.07, 6.45) is 1.65. The van der Waals surface area contributed by atoms with Crippen molar-refractivity contribution >= 4 is 5.91 Å². The van der Waals surface area contributed by atoms with Gasteiger partial charge in [0.05, 0.1) is 18.8 Å². The van der Waals surface area contributed by atoms with E-state index in [1.807, 2.05) is 13.8 Å². The molecule has 0 aliphatic heterocycles. The average Bonchev–Trinajstić information content (AvgIpc) is 2.32. The minimum Gasteiger partial charge on any atom is -0.382 e. The predicted octanol–water partition coefficient (Wildman–Crippen LogP) is 0.283. The van der Waals surface area contributed by atoms with Crippen LogP contribution in [0.3, 0.4) is 0 Å². The van der Waals surface area contributed by atoms with Gasteiger partial charge >= 0.3 is 0 Å². The maximum Gasteiger partial charge on any atom is 0.246 e. The molecule has 5 nitrogen and oxygen atoms in total. The van der Waals surface area contributed by atoms with Gasteiger partial charge in [0.1, 0.15) is 6.61 Å². The molecule has 16 heavy (non-hydrogen) atoms. The summed E-state index contributed by atoms with van der Waals surface area (Å²) in [6.45, 7) is 5.47. The number of ether oxygens (including phenoxy) is 2. The Morgan fingerprint density at radius 3 is 2.38 bits per heavy atom. The fourth-order valence-corrected chi connectivity index (χ4v) is 1.41. The van der Waals surface area contributed by atoms with Crippen LogP contribution < -0.4 is 11.1 Å². The summed E-state index contributed by atoms with van der Waals surface area (Å²) in [5.74, 6) is -0.120. The van der Waals surface area contributed by atoms with E-state index in [0.29, 0.717) is 19.8 Å². The van der Waals surface area contributed by atoms with Gasteiger partial charge < -0.3 is 20.5 Å². The maximum absolute atomic E-state index is 11.6. The Morgan fingerprint density at radius 1 is 1.31 bits per heavy atom. The van der Waals surface area contributed by atoms with Crippen molar-refractivity contribution in [2.24, 2.45) is 5.73 Å². The first-order chi connectivity index (χ1) is 7.64. The molecular weight excluding hydrogens is 208 g/mol. The molecule has 0 aliphatic rings. The van der Waals surface area contributed by atoms with Gasteiger partial charge in [-0.05, 0) is 12.8 Å². The molecule has 0 unspecified atom stereocenters. The monoisotopic (exact) mass is 232 g/mol. The molecule has 0 aromatic heterocycles. The summed E-state index contributed by atoms with van der Waals surface area (Å²) >= 11 is 0. The van der Waals surface area contributed by atoms with E-state index in [4.69, 9.17) is 15.2 Å². The zero-order valence-corrected chi connectivity index (χ0v) is 10.5. The Morgan fingerprint density at radius 2 is 1.94 bits per heavy atom. The van der Waals surface area contributed by atoms with Gasteiger partial charge in [-0.25, -0.2) is 0 Å². The minimum absolute atomic E-state index is 0.0606. The van der Waals surface area contributed by atoms with E-state index in [9.17, 15) is 4.79 Å². The maximum atomic E-state index is 11.6. The zero-order valence-electron chi connectivity index (χ0n) is 10.5. The first-order valence-electron chi connectivity index (χ1n) is 5.72. The van der Waals surface area contributed by atoms with Crippen LogP contribution in [0.2, 0.25) is 0 Å². The smallest absolute Gasteiger partial charge is 0.246 e. The summed E-state index contributed by atoms with van der Waals surface area (Å²) in [4.78, 5) is 11.6. The molecule has 0 bridgehead atoms. The number of nitrogens with one attached hydrogen (secondary N) is 1. The van der Waals surface area contributed by atoms with E-state index in [1.165, 1.54) is 0 Å². The van der Waals surface area contributed by atoms with Gasteiger partial charge in [-0.3, -0.25) is 4.79 Å². The first kappa shape index (κ1) is 15.3. The van der Waals surface area contributed by atoms with Crippen LogP contribution in [0.5, 0.6) is 0 Å². The van der Waals surface area contributed by atoms with Gasteiger partial charge in [-0.2, -0.15) is 0 Å². The van der Waals surface area contributed by atoms with Gasteiger partial charge in [0.25, 0.3) is 0 Å². The Kier molecular flexibility index (Phi) is 8.15. The van der Waals surface area contributed by atoms with Crippen LogP contribution in [-0.4, -0.2) is 44.9 Å². The lowest BCUT2D eigenvalue weighted by molar-refractivity contribution is -0.128. The van der Waals surface area contributed by atoms with Gasteiger partial charge in [0.2, 0.25) is 5.91 Å².